The molecule has 1 unspecified atom stereocenters. The van der Waals surface area contributed by atoms with Crippen molar-refractivity contribution in [3.63, 3.8) is 0 Å². The van der Waals surface area contributed by atoms with Crippen LogP contribution in [0.3, 0.4) is 0 Å². The highest BCUT2D eigenvalue weighted by Gasteiger charge is 2.46. The molecule has 1 aromatic carbocycles. The van der Waals surface area contributed by atoms with Crippen LogP contribution in [0.1, 0.15) is 51.3 Å². The zero-order valence-electron chi connectivity index (χ0n) is 15.0. The summed E-state index contributed by atoms with van der Waals surface area (Å²) in [5.74, 6) is 0. The van der Waals surface area contributed by atoms with E-state index in [1.165, 1.54) is 16.7 Å². The highest BCUT2D eigenvalue weighted by atomic mass is 28.3. The van der Waals surface area contributed by atoms with E-state index in [2.05, 4.69) is 78.1 Å². The molecule has 1 heteroatoms. The van der Waals surface area contributed by atoms with Crippen LogP contribution in [0.15, 0.2) is 52.1 Å². The van der Waals surface area contributed by atoms with Crippen LogP contribution in [0, 0.1) is 0 Å². The molecule has 1 atom stereocenters. The average molecular weight is 309 g/mol. The van der Waals surface area contributed by atoms with Gasteiger partial charge in [0.25, 0.3) is 0 Å². The van der Waals surface area contributed by atoms with E-state index in [0.29, 0.717) is 11.1 Å². The van der Waals surface area contributed by atoms with Crippen LogP contribution in [0.5, 0.6) is 0 Å². The van der Waals surface area contributed by atoms with Crippen LogP contribution in [-0.2, 0) is 0 Å². The van der Waals surface area contributed by atoms with E-state index in [1.54, 1.807) is 22.3 Å². The van der Waals surface area contributed by atoms with E-state index in [1.807, 2.05) is 0 Å². The molecule has 0 saturated heterocycles. The number of hydrogen-bond acceptors (Lipinski definition) is 0. The van der Waals surface area contributed by atoms with Crippen molar-refractivity contribution in [2.24, 2.45) is 0 Å². The molecule has 0 aliphatic heterocycles. The Morgan fingerprint density at radius 2 is 1.32 bits per heavy atom. The zero-order chi connectivity index (χ0) is 16.2. The van der Waals surface area contributed by atoms with E-state index in [9.17, 15) is 0 Å². The molecule has 0 aromatic heterocycles. The molecule has 0 saturated carbocycles. The van der Waals surface area contributed by atoms with Crippen molar-refractivity contribution in [1.82, 2.24) is 0 Å². The molecule has 2 aliphatic rings. The van der Waals surface area contributed by atoms with E-state index in [4.69, 9.17) is 0 Å². The molecule has 0 radical (unpaired) electrons. The van der Waals surface area contributed by atoms with Crippen molar-refractivity contribution < 1.29 is 0 Å². The molecular weight excluding hydrogens is 280 g/mol. The Morgan fingerprint density at radius 1 is 0.773 bits per heavy atom. The van der Waals surface area contributed by atoms with Crippen LogP contribution < -0.4 is 0 Å². The Morgan fingerprint density at radius 3 is 1.91 bits per heavy atom. The van der Waals surface area contributed by atoms with Gasteiger partial charge in [-0.25, -0.2) is 0 Å². The molecule has 0 amide bonds. The van der Waals surface area contributed by atoms with E-state index >= 15 is 0 Å². The summed E-state index contributed by atoms with van der Waals surface area (Å²) >= 11 is 0. The fourth-order valence-electron chi connectivity index (χ4n) is 5.10. The predicted molar refractivity (Wildman–Crippen MR) is 101 cm³/mol. The maximum absolute atomic E-state index is 2.60. The standard InChI is InChI=1S/C21H28Si/c1-13-12-18-10-8-9-11-19(18)20(13)22(6,7)21-16(4)14(2)15(3)17(21)5/h8-12,20-21H,1-7H3. The molecule has 0 bridgehead atoms. The van der Waals surface area contributed by atoms with Gasteiger partial charge in [-0.3, -0.25) is 0 Å². The minimum absolute atomic E-state index is 0.650. The maximum atomic E-state index is 2.60. The van der Waals surface area contributed by atoms with Gasteiger partial charge in [0.2, 0.25) is 0 Å². The Bertz CT molecular complexity index is 704. The van der Waals surface area contributed by atoms with E-state index < -0.39 is 8.07 Å². The van der Waals surface area contributed by atoms with Crippen LogP contribution in [0.4, 0.5) is 0 Å². The van der Waals surface area contributed by atoms with Crippen molar-refractivity contribution in [2.75, 3.05) is 0 Å². The third-order valence-corrected chi connectivity index (χ3v) is 10.9. The van der Waals surface area contributed by atoms with Gasteiger partial charge in [-0.05, 0) is 62.4 Å². The van der Waals surface area contributed by atoms with Gasteiger partial charge >= 0.3 is 0 Å². The first-order chi connectivity index (χ1) is 10.3. The number of benzene rings is 1. The molecule has 22 heavy (non-hydrogen) atoms. The van der Waals surface area contributed by atoms with Crippen LogP contribution >= 0.6 is 0 Å². The monoisotopic (exact) mass is 308 g/mol. The largest absolute Gasteiger partial charge is 0.0717 e. The van der Waals surface area contributed by atoms with Gasteiger partial charge in [-0.1, -0.05) is 60.2 Å². The van der Waals surface area contributed by atoms with Crippen molar-refractivity contribution in [1.29, 1.82) is 0 Å². The lowest BCUT2D eigenvalue weighted by atomic mass is 10.1. The van der Waals surface area contributed by atoms with Gasteiger partial charge in [0.05, 0.1) is 8.07 Å². The second-order valence-corrected chi connectivity index (χ2v) is 12.6. The van der Waals surface area contributed by atoms with Crippen LogP contribution in [0.2, 0.25) is 18.6 Å². The number of hydrogen-bond donors (Lipinski definition) is 0. The topological polar surface area (TPSA) is 0 Å². The summed E-state index contributed by atoms with van der Waals surface area (Å²) in [7, 11) is -1.55. The SMILES string of the molecule is CC1=Cc2ccccc2C1[Si](C)(C)C1C(C)=C(C)C(C)=C1C. The molecule has 116 valence electrons. The van der Waals surface area contributed by atoms with Gasteiger partial charge in [-0.2, -0.15) is 0 Å². The maximum Gasteiger partial charge on any atom is 0.0717 e. The summed E-state index contributed by atoms with van der Waals surface area (Å²) in [6.45, 7) is 16.9. The molecule has 0 nitrogen and oxygen atoms in total. The van der Waals surface area contributed by atoms with Gasteiger partial charge < -0.3 is 0 Å². The predicted octanol–water partition coefficient (Wildman–Crippen LogP) is 6.49. The highest BCUT2D eigenvalue weighted by Crippen LogP contribution is 2.54. The summed E-state index contributed by atoms with van der Waals surface area (Å²) < 4.78 is 0. The van der Waals surface area contributed by atoms with Crippen molar-refractivity contribution in [2.45, 2.75) is 58.8 Å². The second kappa shape index (κ2) is 5.09. The Kier molecular flexibility index (Phi) is 3.60. The first-order valence-electron chi connectivity index (χ1n) is 8.39. The Balaban J connectivity index is 2.11. The lowest BCUT2D eigenvalue weighted by Gasteiger charge is -2.39. The van der Waals surface area contributed by atoms with Gasteiger partial charge in [-0.15, -0.1) is 0 Å². The van der Waals surface area contributed by atoms with Crippen molar-refractivity contribution >= 4 is 14.1 Å². The summed E-state index contributed by atoms with van der Waals surface area (Å²) in [6.07, 6.45) is 2.42. The Hall–Kier alpha value is -1.34. The van der Waals surface area contributed by atoms with Crippen molar-refractivity contribution in [3.05, 3.63) is 63.3 Å². The van der Waals surface area contributed by atoms with E-state index in [-0.39, 0.29) is 0 Å². The lowest BCUT2D eigenvalue weighted by Crippen LogP contribution is -2.41. The molecule has 3 rings (SSSR count). The molecule has 0 heterocycles. The van der Waals surface area contributed by atoms with Crippen molar-refractivity contribution in [3.8, 4) is 0 Å². The summed E-state index contributed by atoms with van der Waals surface area (Å²) in [5.41, 5.74) is 12.3. The third kappa shape index (κ3) is 2.02. The molecule has 0 N–H and O–H groups in total. The minimum atomic E-state index is -1.55. The van der Waals surface area contributed by atoms with E-state index in [0.717, 1.165) is 0 Å². The van der Waals surface area contributed by atoms with Crippen LogP contribution in [-0.4, -0.2) is 8.07 Å². The summed E-state index contributed by atoms with van der Waals surface area (Å²) in [4.78, 5) is 0. The fourth-order valence-corrected chi connectivity index (χ4v) is 10.4. The number of rotatable bonds is 2. The summed E-state index contributed by atoms with van der Waals surface area (Å²) in [5, 5.41) is 0. The van der Waals surface area contributed by atoms with Gasteiger partial charge in [0.15, 0.2) is 0 Å². The van der Waals surface area contributed by atoms with Gasteiger partial charge in [0, 0.05) is 5.54 Å². The Labute approximate surface area is 136 Å². The smallest absolute Gasteiger partial charge is 0.0679 e. The minimum Gasteiger partial charge on any atom is -0.0679 e. The average Bonchev–Trinajstić information content (AvgIpc) is 2.89. The molecule has 0 spiro atoms. The first kappa shape index (κ1) is 15.5. The zero-order valence-corrected chi connectivity index (χ0v) is 16.0. The summed E-state index contributed by atoms with van der Waals surface area (Å²) in [6, 6.07) is 9.01. The van der Waals surface area contributed by atoms with Crippen LogP contribution in [0.25, 0.3) is 6.08 Å². The molecule has 1 aromatic rings. The molecule has 2 aliphatic carbocycles. The third-order valence-electron chi connectivity index (χ3n) is 6.25. The number of allylic oxidation sites excluding steroid dienone is 5. The van der Waals surface area contributed by atoms with Gasteiger partial charge in [0.1, 0.15) is 0 Å². The molecular formula is C21H28Si. The normalized spacial score (nSPS) is 22.5. The highest BCUT2D eigenvalue weighted by molar-refractivity contribution is 6.82. The lowest BCUT2D eigenvalue weighted by molar-refractivity contribution is 0.972. The quantitative estimate of drug-likeness (QED) is 0.548. The molecule has 0 fully saturated rings. The first-order valence-corrected chi connectivity index (χ1v) is 11.5. The fraction of sp³-hybridized carbons (Fsp3) is 0.429. The number of fused-ring (bicyclic) bond motifs is 1. The second-order valence-electron chi connectivity index (χ2n) is 7.82.